The van der Waals surface area contributed by atoms with Gasteiger partial charge in [-0.25, -0.2) is 8.42 Å². The minimum absolute atomic E-state index is 0.103. The highest BCUT2D eigenvalue weighted by atomic mass is 32.2. The predicted octanol–water partition coefficient (Wildman–Crippen LogP) is 1.09. The van der Waals surface area contributed by atoms with Gasteiger partial charge in [0.1, 0.15) is 0 Å². The van der Waals surface area contributed by atoms with E-state index in [0.29, 0.717) is 12.8 Å². The highest BCUT2D eigenvalue weighted by Gasteiger charge is 2.40. The molecular weight excluding hydrogens is 224 g/mol. The Kier molecular flexibility index (Phi) is 2.80. The van der Waals surface area contributed by atoms with Crippen LogP contribution in [0.2, 0.25) is 0 Å². The van der Waals surface area contributed by atoms with Crippen LogP contribution in [0, 0.1) is 6.92 Å². The summed E-state index contributed by atoms with van der Waals surface area (Å²) in [5.41, 5.74) is 1.06. The molecule has 1 aromatic rings. The van der Waals surface area contributed by atoms with Crippen molar-refractivity contribution in [2.45, 2.75) is 25.4 Å². The summed E-state index contributed by atoms with van der Waals surface area (Å²) in [5.74, 6) is 0.00369. The summed E-state index contributed by atoms with van der Waals surface area (Å²) >= 11 is 0. The highest BCUT2D eigenvalue weighted by molar-refractivity contribution is 7.91. The van der Waals surface area contributed by atoms with Gasteiger partial charge in [0.25, 0.3) is 0 Å². The molecule has 0 spiro atoms. The van der Waals surface area contributed by atoms with Gasteiger partial charge in [0, 0.05) is 6.42 Å². The SMILES string of the molecule is Cc1ccccc1CC1(O)CCS(=O)(=O)C1. The van der Waals surface area contributed by atoms with Crippen LogP contribution < -0.4 is 0 Å². The van der Waals surface area contributed by atoms with Crippen LogP contribution in [-0.2, 0) is 16.3 Å². The lowest BCUT2D eigenvalue weighted by Gasteiger charge is -2.21. The molecule has 2 rings (SSSR count). The minimum Gasteiger partial charge on any atom is -0.388 e. The number of hydrogen-bond acceptors (Lipinski definition) is 3. The fourth-order valence-corrected chi connectivity index (χ4v) is 4.10. The number of hydrogen-bond donors (Lipinski definition) is 1. The van der Waals surface area contributed by atoms with Gasteiger partial charge in [-0.2, -0.15) is 0 Å². The van der Waals surface area contributed by atoms with E-state index in [1.54, 1.807) is 0 Å². The number of aliphatic hydroxyl groups is 1. The number of sulfone groups is 1. The number of rotatable bonds is 2. The fraction of sp³-hybridized carbons (Fsp3) is 0.500. The Labute approximate surface area is 96.0 Å². The van der Waals surface area contributed by atoms with E-state index in [9.17, 15) is 13.5 Å². The molecule has 88 valence electrons. The first-order valence-electron chi connectivity index (χ1n) is 5.38. The lowest BCUT2D eigenvalue weighted by atomic mass is 9.92. The Morgan fingerprint density at radius 3 is 2.62 bits per heavy atom. The second kappa shape index (κ2) is 3.86. The molecule has 0 aliphatic carbocycles. The summed E-state index contributed by atoms with van der Waals surface area (Å²) in [6.45, 7) is 1.97. The maximum atomic E-state index is 11.4. The molecule has 0 aromatic heterocycles. The topological polar surface area (TPSA) is 54.4 Å². The van der Waals surface area contributed by atoms with Crippen LogP contribution in [0.1, 0.15) is 17.5 Å². The first kappa shape index (κ1) is 11.6. The Hall–Kier alpha value is -0.870. The zero-order valence-corrected chi connectivity index (χ0v) is 10.1. The minimum atomic E-state index is -3.04. The maximum Gasteiger partial charge on any atom is 0.153 e. The highest BCUT2D eigenvalue weighted by Crippen LogP contribution is 2.28. The van der Waals surface area contributed by atoms with E-state index in [1.807, 2.05) is 31.2 Å². The Bertz CT molecular complexity index is 493. The molecular formula is C12H16O3S. The Morgan fingerprint density at radius 2 is 2.06 bits per heavy atom. The second-order valence-electron chi connectivity index (χ2n) is 4.67. The summed E-state index contributed by atoms with van der Waals surface area (Å²) in [7, 11) is -3.04. The van der Waals surface area contributed by atoms with E-state index in [4.69, 9.17) is 0 Å². The van der Waals surface area contributed by atoms with Crippen LogP contribution in [0.3, 0.4) is 0 Å². The maximum absolute atomic E-state index is 11.4. The molecule has 0 radical (unpaired) electrons. The van der Waals surface area contributed by atoms with Crippen molar-refractivity contribution in [3.63, 3.8) is 0 Å². The quantitative estimate of drug-likeness (QED) is 0.842. The van der Waals surface area contributed by atoms with E-state index in [1.165, 1.54) is 0 Å². The van der Waals surface area contributed by atoms with Crippen LogP contribution in [-0.4, -0.2) is 30.6 Å². The van der Waals surface area contributed by atoms with Gasteiger partial charge < -0.3 is 5.11 Å². The molecule has 3 nitrogen and oxygen atoms in total. The van der Waals surface area contributed by atoms with Gasteiger partial charge in [0.15, 0.2) is 9.84 Å². The molecule has 1 aliphatic heterocycles. The molecule has 4 heteroatoms. The first-order chi connectivity index (χ1) is 7.40. The van der Waals surface area contributed by atoms with Crippen LogP contribution in [0.15, 0.2) is 24.3 Å². The predicted molar refractivity (Wildman–Crippen MR) is 63.1 cm³/mol. The molecule has 1 fully saturated rings. The van der Waals surface area contributed by atoms with Gasteiger partial charge in [-0.1, -0.05) is 24.3 Å². The number of benzene rings is 1. The normalized spacial score (nSPS) is 28.1. The lowest BCUT2D eigenvalue weighted by Crippen LogP contribution is -2.32. The van der Waals surface area contributed by atoms with Crippen LogP contribution in [0.25, 0.3) is 0 Å². The first-order valence-corrected chi connectivity index (χ1v) is 7.20. The average Bonchev–Trinajstić information content (AvgIpc) is 2.45. The van der Waals surface area contributed by atoms with E-state index < -0.39 is 15.4 Å². The molecule has 1 N–H and O–H groups in total. The molecule has 1 unspecified atom stereocenters. The molecule has 0 saturated carbocycles. The van der Waals surface area contributed by atoms with Crippen LogP contribution >= 0.6 is 0 Å². The zero-order valence-electron chi connectivity index (χ0n) is 9.31. The van der Waals surface area contributed by atoms with Crippen molar-refractivity contribution in [2.75, 3.05) is 11.5 Å². The van der Waals surface area contributed by atoms with Gasteiger partial charge in [-0.3, -0.25) is 0 Å². The summed E-state index contributed by atoms with van der Waals surface area (Å²) in [4.78, 5) is 0. The van der Waals surface area contributed by atoms with Crippen LogP contribution in [0.5, 0.6) is 0 Å². The molecule has 1 saturated heterocycles. The Morgan fingerprint density at radius 1 is 1.38 bits per heavy atom. The van der Waals surface area contributed by atoms with Crippen molar-refractivity contribution >= 4 is 9.84 Å². The standard InChI is InChI=1S/C12H16O3S/c1-10-4-2-3-5-11(10)8-12(13)6-7-16(14,15)9-12/h2-5,13H,6-9H2,1H3. The van der Waals surface area contributed by atoms with E-state index >= 15 is 0 Å². The summed E-state index contributed by atoms with van der Waals surface area (Å²) in [6.07, 6.45) is 0.780. The van der Waals surface area contributed by atoms with Gasteiger partial charge in [0.05, 0.1) is 17.1 Å². The summed E-state index contributed by atoms with van der Waals surface area (Å²) in [5, 5.41) is 10.2. The van der Waals surface area contributed by atoms with Crippen LogP contribution in [0.4, 0.5) is 0 Å². The van der Waals surface area contributed by atoms with E-state index in [0.717, 1.165) is 11.1 Å². The third-order valence-electron chi connectivity index (χ3n) is 3.15. The molecule has 0 amide bonds. The summed E-state index contributed by atoms with van der Waals surface area (Å²) < 4.78 is 22.7. The van der Waals surface area contributed by atoms with Gasteiger partial charge in [-0.05, 0) is 24.5 Å². The lowest BCUT2D eigenvalue weighted by molar-refractivity contribution is 0.0680. The van der Waals surface area contributed by atoms with Crippen molar-refractivity contribution in [3.05, 3.63) is 35.4 Å². The monoisotopic (exact) mass is 240 g/mol. The van der Waals surface area contributed by atoms with Crippen molar-refractivity contribution in [1.29, 1.82) is 0 Å². The molecule has 1 aliphatic rings. The molecule has 1 atom stereocenters. The van der Waals surface area contributed by atoms with Gasteiger partial charge in [0.2, 0.25) is 0 Å². The van der Waals surface area contributed by atoms with Gasteiger partial charge >= 0.3 is 0 Å². The zero-order chi connectivity index (χ0) is 11.8. The van der Waals surface area contributed by atoms with Crippen molar-refractivity contribution in [3.8, 4) is 0 Å². The van der Waals surface area contributed by atoms with Gasteiger partial charge in [-0.15, -0.1) is 0 Å². The smallest absolute Gasteiger partial charge is 0.153 e. The largest absolute Gasteiger partial charge is 0.388 e. The average molecular weight is 240 g/mol. The molecule has 16 heavy (non-hydrogen) atoms. The fourth-order valence-electron chi connectivity index (χ4n) is 2.20. The molecule has 1 heterocycles. The molecule has 1 aromatic carbocycles. The van der Waals surface area contributed by atoms with Crippen molar-refractivity contribution < 1.29 is 13.5 Å². The second-order valence-corrected chi connectivity index (χ2v) is 6.85. The third kappa shape index (κ3) is 2.44. The van der Waals surface area contributed by atoms with Crippen molar-refractivity contribution in [1.82, 2.24) is 0 Å². The third-order valence-corrected chi connectivity index (χ3v) is 4.95. The number of aryl methyl sites for hydroxylation is 1. The molecule has 0 bridgehead atoms. The van der Waals surface area contributed by atoms with Crippen molar-refractivity contribution in [2.24, 2.45) is 0 Å². The van der Waals surface area contributed by atoms with E-state index in [2.05, 4.69) is 0 Å². The summed E-state index contributed by atoms with van der Waals surface area (Å²) in [6, 6.07) is 7.77. The van der Waals surface area contributed by atoms with E-state index in [-0.39, 0.29) is 11.5 Å². The Balaban J connectivity index is 2.20.